The fourth-order valence-corrected chi connectivity index (χ4v) is 3.49. The molecule has 0 atom stereocenters. The number of hydrogen-bond donors (Lipinski definition) is 1. The highest BCUT2D eigenvalue weighted by molar-refractivity contribution is 5.95. The van der Waals surface area contributed by atoms with Gasteiger partial charge in [0.25, 0.3) is 5.91 Å². The minimum atomic E-state index is -2.94. The van der Waals surface area contributed by atoms with Gasteiger partial charge in [0.2, 0.25) is 0 Å². The first-order chi connectivity index (χ1) is 13.5. The smallest absolute Gasteiger partial charge is 0.387 e. The third-order valence-electron chi connectivity index (χ3n) is 4.92. The number of quaternary nitrogens is 1. The molecule has 1 saturated heterocycles. The molecule has 1 aliphatic heterocycles. The van der Waals surface area contributed by atoms with Crippen LogP contribution in [-0.4, -0.2) is 50.7 Å². The number of halogens is 2. The Morgan fingerprint density at radius 2 is 1.89 bits per heavy atom. The SMILES string of the molecule is COc1cc(C(=O)N2CC[NH+](Cc3cccc(C)c3)CC2)ccc1OC(F)F. The van der Waals surface area contributed by atoms with Crippen LogP contribution in [-0.2, 0) is 6.54 Å². The average Bonchev–Trinajstić information content (AvgIpc) is 2.68. The van der Waals surface area contributed by atoms with Crippen LogP contribution in [0, 0.1) is 6.92 Å². The van der Waals surface area contributed by atoms with E-state index in [0.717, 1.165) is 19.6 Å². The lowest BCUT2D eigenvalue weighted by Gasteiger charge is -2.32. The Kier molecular flexibility index (Phi) is 6.46. The summed E-state index contributed by atoms with van der Waals surface area (Å²) in [6, 6.07) is 12.8. The summed E-state index contributed by atoms with van der Waals surface area (Å²) in [6.07, 6.45) is 0. The highest BCUT2D eigenvalue weighted by Crippen LogP contribution is 2.29. The van der Waals surface area contributed by atoms with Crippen LogP contribution in [0.3, 0.4) is 0 Å². The third-order valence-corrected chi connectivity index (χ3v) is 4.92. The van der Waals surface area contributed by atoms with Crippen LogP contribution < -0.4 is 14.4 Å². The number of alkyl halides is 2. The van der Waals surface area contributed by atoms with Gasteiger partial charge in [0, 0.05) is 11.1 Å². The molecule has 3 rings (SSSR count). The van der Waals surface area contributed by atoms with Crippen molar-refractivity contribution in [1.29, 1.82) is 0 Å². The van der Waals surface area contributed by atoms with Gasteiger partial charge in [-0.3, -0.25) is 4.79 Å². The molecule has 28 heavy (non-hydrogen) atoms. The molecule has 0 unspecified atom stereocenters. The number of carbonyl (C=O) groups is 1. The number of benzene rings is 2. The second-order valence-electron chi connectivity index (χ2n) is 6.95. The van der Waals surface area contributed by atoms with Gasteiger partial charge in [0.15, 0.2) is 11.5 Å². The molecule has 0 bridgehead atoms. The van der Waals surface area contributed by atoms with Crippen LogP contribution in [0.5, 0.6) is 11.5 Å². The minimum absolute atomic E-state index is 0.0820. The van der Waals surface area contributed by atoms with Crippen molar-refractivity contribution in [3.05, 3.63) is 59.2 Å². The molecule has 0 saturated carbocycles. The van der Waals surface area contributed by atoms with Crippen molar-refractivity contribution in [2.24, 2.45) is 0 Å². The van der Waals surface area contributed by atoms with E-state index in [4.69, 9.17) is 4.74 Å². The van der Waals surface area contributed by atoms with E-state index in [1.54, 1.807) is 4.90 Å². The summed E-state index contributed by atoms with van der Waals surface area (Å²) in [5.74, 6) is -0.0900. The van der Waals surface area contributed by atoms with Crippen molar-refractivity contribution in [2.45, 2.75) is 20.1 Å². The van der Waals surface area contributed by atoms with E-state index < -0.39 is 6.61 Å². The zero-order valence-electron chi connectivity index (χ0n) is 16.1. The average molecular weight is 391 g/mol. The van der Waals surface area contributed by atoms with E-state index in [9.17, 15) is 13.6 Å². The Morgan fingerprint density at radius 1 is 1.14 bits per heavy atom. The summed E-state index contributed by atoms with van der Waals surface area (Å²) < 4.78 is 34.4. The molecule has 1 N–H and O–H groups in total. The summed E-state index contributed by atoms with van der Waals surface area (Å²) in [5, 5.41) is 0. The molecule has 2 aromatic carbocycles. The van der Waals surface area contributed by atoms with Gasteiger partial charge in [0.05, 0.1) is 33.3 Å². The first kappa shape index (κ1) is 20.1. The lowest BCUT2D eigenvalue weighted by Crippen LogP contribution is -3.13. The number of rotatable bonds is 6. The lowest BCUT2D eigenvalue weighted by atomic mass is 10.1. The van der Waals surface area contributed by atoms with E-state index >= 15 is 0 Å². The molecule has 2 aromatic rings. The summed E-state index contributed by atoms with van der Waals surface area (Å²) in [6.45, 7) is 3.11. The first-order valence-electron chi connectivity index (χ1n) is 9.27. The van der Waals surface area contributed by atoms with Crippen molar-refractivity contribution in [1.82, 2.24) is 4.90 Å². The second-order valence-corrected chi connectivity index (χ2v) is 6.95. The Balaban J connectivity index is 1.60. The molecule has 1 heterocycles. The van der Waals surface area contributed by atoms with E-state index in [0.29, 0.717) is 18.7 Å². The van der Waals surface area contributed by atoms with Crippen molar-refractivity contribution < 1.29 is 27.9 Å². The van der Waals surface area contributed by atoms with Crippen LogP contribution in [0.2, 0.25) is 0 Å². The Bertz CT molecular complexity index is 821. The maximum atomic E-state index is 12.8. The monoisotopic (exact) mass is 391 g/mol. The van der Waals surface area contributed by atoms with Crippen LogP contribution in [0.4, 0.5) is 8.78 Å². The van der Waals surface area contributed by atoms with Gasteiger partial charge in [0.1, 0.15) is 6.54 Å². The zero-order valence-corrected chi connectivity index (χ0v) is 16.1. The van der Waals surface area contributed by atoms with Crippen molar-refractivity contribution in [3.8, 4) is 11.5 Å². The fourth-order valence-electron chi connectivity index (χ4n) is 3.49. The number of nitrogens with zero attached hydrogens (tertiary/aromatic N) is 1. The predicted molar refractivity (Wildman–Crippen MR) is 101 cm³/mol. The Hall–Kier alpha value is -2.67. The maximum absolute atomic E-state index is 12.8. The molecule has 5 nitrogen and oxygen atoms in total. The number of nitrogens with one attached hydrogen (secondary N) is 1. The molecule has 0 aromatic heterocycles. The normalized spacial score (nSPS) is 15.0. The van der Waals surface area contributed by atoms with Crippen LogP contribution in [0.25, 0.3) is 0 Å². The molecule has 1 fully saturated rings. The highest BCUT2D eigenvalue weighted by atomic mass is 19.3. The maximum Gasteiger partial charge on any atom is 0.387 e. The molecule has 0 spiro atoms. The van der Waals surface area contributed by atoms with E-state index in [-0.39, 0.29) is 17.4 Å². The van der Waals surface area contributed by atoms with Crippen LogP contribution in [0.15, 0.2) is 42.5 Å². The number of hydrogen-bond acceptors (Lipinski definition) is 3. The molecule has 150 valence electrons. The van der Waals surface area contributed by atoms with E-state index in [1.807, 2.05) is 0 Å². The Morgan fingerprint density at radius 3 is 2.54 bits per heavy atom. The molecular formula is C21H25F2N2O3+. The molecule has 7 heteroatoms. The standard InChI is InChI=1S/C21H24F2N2O3/c1-15-4-3-5-16(12-15)14-24-8-10-25(11-9-24)20(26)17-6-7-18(28-21(22)23)19(13-17)27-2/h3-7,12-13,21H,8-11,14H2,1-2H3/p+1. The second kappa shape index (κ2) is 9.01. The van der Waals surface area contributed by atoms with E-state index in [1.165, 1.54) is 41.3 Å². The minimum Gasteiger partial charge on any atom is -0.493 e. The Labute approximate surface area is 163 Å². The summed E-state index contributed by atoms with van der Waals surface area (Å²) in [5.41, 5.74) is 2.95. The molecule has 1 aliphatic rings. The van der Waals surface area contributed by atoms with Gasteiger partial charge in [-0.25, -0.2) is 0 Å². The topological polar surface area (TPSA) is 43.2 Å². The number of piperazine rings is 1. The van der Waals surface area contributed by atoms with Gasteiger partial charge in [-0.05, 0) is 25.1 Å². The lowest BCUT2D eigenvalue weighted by molar-refractivity contribution is -0.917. The van der Waals surface area contributed by atoms with Crippen molar-refractivity contribution >= 4 is 5.91 Å². The predicted octanol–water partition coefficient (Wildman–Crippen LogP) is 2.15. The van der Waals surface area contributed by atoms with Gasteiger partial charge in [-0.1, -0.05) is 29.8 Å². The summed E-state index contributed by atoms with van der Waals surface area (Å²) in [7, 11) is 1.36. The quantitative estimate of drug-likeness (QED) is 0.821. The van der Waals surface area contributed by atoms with Gasteiger partial charge in [-0.15, -0.1) is 0 Å². The molecule has 0 aliphatic carbocycles. The highest BCUT2D eigenvalue weighted by Gasteiger charge is 2.25. The largest absolute Gasteiger partial charge is 0.493 e. The molecule has 0 radical (unpaired) electrons. The van der Waals surface area contributed by atoms with Gasteiger partial charge < -0.3 is 19.3 Å². The molecular weight excluding hydrogens is 366 g/mol. The van der Waals surface area contributed by atoms with Crippen molar-refractivity contribution in [3.63, 3.8) is 0 Å². The van der Waals surface area contributed by atoms with Crippen molar-refractivity contribution in [2.75, 3.05) is 33.3 Å². The van der Waals surface area contributed by atoms with Gasteiger partial charge in [-0.2, -0.15) is 8.78 Å². The number of aryl methyl sites for hydroxylation is 1. The summed E-state index contributed by atoms with van der Waals surface area (Å²) in [4.78, 5) is 16.0. The number of methoxy groups -OCH3 is 1. The number of amides is 1. The van der Waals surface area contributed by atoms with Gasteiger partial charge >= 0.3 is 6.61 Å². The summed E-state index contributed by atoms with van der Waals surface area (Å²) >= 11 is 0. The van der Waals surface area contributed by atoms with Crippen LogP contribution in [0.1, 0.15) is 21.5 Å². The van der Waals surface area contributed by atoms with Crippen LogP contribution >= 0.6 is 0 Å². The van der Waals surface area contributed by atoms with E-state index in [2.05, 4.69) is 35.9 Å². The number of ether oxygens (including phenoxy) is 2. The first-order valence-corrected chi connectivity index (χ1v) is 9.27. The fraction of sp³-hybridized carbons (Fsp3) is 0.381. The molecule has 1 amide bonds. The zero-order chi connectivity index (χ0) is 20.1. The third kappa shape index (κ3) is 4.98. The number of carbonyl (C=O) groups excluding carboxylic acids is 1.